The van der Waals surface area contributed by atoms with Gasteiger partial charge in [0.25, 0.3) is 0 Å². The Morgan fingerprint density at radius 2 is 1.73 bits per heavy atom. The van der Waals surface area contributed by atoms with E-state index in [1.54, 1.807) is 0 Å². The van der Waals surface area contributed by atoms with Crippen LogP contribution in [0.5, 0.6) is 0 Å². The molecule has 0 unspecified atom stereocenters. The van der Waals surface area contributed by atoms with Gasteiger partial charge in [0.1, 0.15) is 11.6 Å². The summed E-state index contributed by atoms with van der Waals surface area (Å²) in [6.07, 6.45) is 1.54. The molecule has 0 rings (SSSR count). The number of ketones is 2. The SMILES string of the molecule is CCC(=O)CCOCC(C)(C)C(=O)CC. The van der Waals surface area contributed by atoms with Gasteiger partial charge in [-0.1, -0.05) is 27.7 Å². The van der Waals surface area contributed by atoms with Crippen molar-refractivity contribution in [3.05, 3.63) is 0 Å². The third-order valence-electron chi connectivity index (χ3n) is 2.46. The first-order chi connectivity index (χ1) is 6.94. The number of hydrogen-bond acceptors (Lipinski definition) is 3. The van der Waals surface area contributed by atoms with E-state index < -0.39 is 5.41 Å². The molecule has 0 heterocycles. The van der Waals surface area contributed by atoms with Crippen LogP contribution in [0.3, 0.4) is 0 Å². The lowest BCUT2D eigenvalue weighted by atomic mass is 9.88. The Labute approximate surface area is 92.2 Å². The van der Waals surface area contributed by atoms with E-state index in [-0.39, 0.29) is 11.6 Å². The van der Waals surface area contributed by atoms with Crippen LogP contribution < -0.4 is 0 Å². The Kier molecular flexibility index (Phi) is 6.41. The van der Waals surface area contributed by atoms with E-state index in [0.29, 0.717) is 32.5 Å². The topological polar surface area (TPSA) is 43.4 Å². The van der Waals surface area contributed by atoms with E-state index in [9.17, 15) is 9.59 Å². The molecular formula is C12H22O3. The van der Waals surface area contributed by atoms with Crippen molar-refractivity contribution in [2.24, 2.45) is 5.41 Å². The number of Topliss-reactive ketones (excluding diaryl/α,β-unsaturated/α-hetero) is 2. The maximum absolute atomic E-state index is 11.5. The summed E-state index contributed by atoms with van der Waals surface area (Å²) in [6, 6.07) is 0. The van der Waals surface area contributed by atoms with Gasteiger partial charge in [0, 0.05) is 24.7 Å². The van der Waals surface area contributed by atoms with E-state index in [1.165, 1.54) is 0 Å². The number of carbonyl (C=O) groups excluding carboxylic acids is 2. The highest BCUT2D eigenvalue weighted by atomic mass is 16.5. The summed E-state index contributed by atoms with van der Waals surface area (Å²) in [5.41, 5.74) is -0.427. The number of ether oxygens (including phenoxy) is 1. The minimum Gasteiger partial charge on any atom is -0.380 e. The van der Waals surface area contributed by atoms with Crippen molar-refractivity contribution in [2.45, 2.75) is 47.0 Å². The van der Waals surface area contributed by atoms with Crippen LogP contribution in [0.25, 0.3) is 0 Å². The van der Waals surface area contributed by atoms with Gasteiger partial charge in [0.15, 0.2) is 0 Å². The molecule has 0 saturated heterocycles. The number of rotatable bonds is 8. The van der Waals surface area contributed by atoms with Crippen LogP contribution in [0.2, 0.25) is 0 Å². The molecule has 0 N–H and O–H groups in total. The fraction of sp³-hybridized carbons (Fsp3) is 0.833. The van der Waals surface area contributed by atoms with Gasteiger partial charge in [-0.05, 0) is 0 Å². The van der Waals surface area contributed by atoms with Gasteiger partial charge in [-0.15, -0.1) is 0 Å². The standard InChI is InChI=1S/C12H22O3/c1-5-10(13)7-8-15-9-12(3,4)11(14)6-2/h5-9H2,1-4H3. The average Bonchev–Trinajstić information content (AvgIpc) is 2.22. The van der Waals surface area contributed by atoms with Gasteiger partial charge in [-0.3, -0.25) is 9.59 Å². The van der Waals surface area contributed by atoms with Gasteiger partial charge in [0.05, 0.1) is 13.2 Å². The average molecular weight is 214 g/mol. The summed E-state index contributed by atoms with van der Waals surface area (Å²) in [7, 11) is 0. The van der Waals surface area contributed by atoms with Crippen LogP contribution in [0.15, 0.2) is 0 Å². The summed E-state index contributed by atoms with van der Waals surface area (Å²) >= 11 is 0. The number of hydrogen-bond donors (Lipinski definition) is 0. The van der Waals surface area contributed by atoms with Crippen LogP contribution >= 0.6 is 0 Å². The molecule has 0 spiro atoms. The van der Waals surface area contributed by atoms with Gasteiger partial charge in [-0.2, -0.15) is 0 Å². The molecule has 15 heavy (non-hydrogen) atoms. The normalized spacial score (nSPS) is 11.5. The Balaban J connectivity index is 3.75. The molecule has 0 aromatic heterocycles. The van der Waals surface area contributed by atoms with E-state index in [1.807, 2.05) is 27.7 Å². The summed E-state index contributed by atoms with van der Waals surface area (Å²) in [6.45, 7) is 8.27. The Hall–Kier alpha value is -0.700. The first-order valence-electron chi connectivity index (χ1n) is 5.56. The lowest BCUT2D eigenvalue weighted by Gasteiger charge is -2.22. The molecule has 0 atom stereocenters. The van der Waals surface area contributed by atoms with Crippen molar-refractivity contribution in [2.75, 3.05) is 13.2 Å². The Morgan fingerprint density at radius 3 is 2.20 bits per heavy atom. The first-order valence-corrected chi connectivity index (χ1v) is 5.56. The minimum atomic E-state index is -0.427. The molecule has 0 aliphatic carbocycles. The molecule has 0 aromatic carbocycles. The first kappa shape index (κ1) is 14.3. The fourth-order valence-corrected chi connectivity index (χ4v) is 1.25. The molecule has 0 bridgehead atoms. The molecule has 0 aliphatic rings. The Morgan fingerprint density at radius 1 is 1.13 bits per heavy atom. The maximum atomic E-state index is 11.5. The second-order valence-electron chi connectivity index (χ2n) is 4.36. The van der Waals surface area contributed by atoms with Crippen LogP contribution in [0.4, 0.5) is 0 Å². The third kappa shape index (κ3) is 5.67. The Bertz CT molecular complexity index is 219. The third-order valence-corrected chi connectivity index (χ3v) is 2.46. The predicted molar refractivity (Wildman–Crippen MR) is 59.8 cm³/mol. The van der Waals surface area contributed by atoms with Gasteiger partial charge in [0.2, 0.25) is 0 Å². The summed E-state index contributed by atoms with van der Waals surface area (Å²) < 4.78 is 5.35. The molecule has 0 fully saturated rings. The highest BCUT2D eigenvalue weighted by Gasteiger charge is 2.25. The van der Waals surface area contributed by atoms with Gasteiger partial charge in [-0.25, -0.2) is 0 Å². The molecule has 3 heteroatoms. The van der Waals surface area contributed by atoms with Crippen molar-refractivity contribution in [1.29, 1.82) is 0 Å². The summed E-state index contributed by atoms with van der Waals surface area (Å²) in [5.74, 6) is 0.402. The summed E-state index contributed by atoms with van der Waals surface area (Å²) in [5, 5.41) is 0. The van der Waals surface area contributed by atoms with E-state index in [0.717, 1.165) is 0 Å². The van der Waals surface area contributed by atoms with Crippen LogP contribution in [-0.4, -0.2) is 24.8 Å². The van der Waals surface area contributed by atoms with Crippen molar-refractivity contribution >= 4 is 11.6 Å². The van der Waals surface area contributed by atoms with Crippen molar-refractivity contribution in [3.8, 4) is 0 Å². The molecule has 0 aromatic rings. The largest absolute Gasteiger partial charge is 0.380 e. The van der Waals surface area contributed by atoms with E-state index in [4.69, 9.17) is 4.74 Å². The zero-order chi connectivity index (χ0) is 11.9. The zero-order valence-electron chi connectivity index (χ0n) is 10.3. The van der Waals surface area contributed by atoms with Crippen molar-refractivity contribution < 1.29 is 14.3 Å². The van der Waals surface area contributed by atoms with Crippen LogP contribution in [0.1, 0.15) is 47.0 Å². The highest BCUT2D eigenvalue weighted by Crippen LogP contribution is 2.18. The molecule has 0 amide bonds. The summed E-state index contributed by atoms with van der Waals surface area (Å²) in [4.78, 5) is 22.5. The monoisotopic (exact) mass is 214 g/mol. The lowest BCUT2D eigenvalue weighted by Crippen LogP contribution is -2.29. The van der Waals surface area contributed by atoms with Crippen LogP contribution in [-0.2, 0) is 14.3 Å². The van der Waals surface area contributed by atoms with Crippen molar-refractivity contribution in [3.63, 3.8) is 0 Å². The van der Waals surface area contributed by atoms with E-state index in [2.05, 4.69) is 0 Å². The van der Waals surface area contributed by atoms with Crippen LogP contribution in [0, 0.1) is 5.41 Å². The smallest absolute Gasteiger partial charge is 0.140 e. The van der Waals surface area contributed by atoms with Gasteiger partial charge < -0.3 is 4.74 Å². The molecule has 3 nitrogen and oxygen atoms in total. The molecular weight excluding hydrogens is 192 g/mol. The second-order valence-corrected chi connectivity index (χ2v) is 4.36. The quantitative estimate of drug-likeness (QED) is 0.583. The molecule has 0 radical (unpaired) electrons. The second kappa shape index (κ2) is 6.72. The molecule has 0 saturated carbocycles. The van der Waals surface area contributed by atoms with Crippen molar-refractivity contribution in [1.82, 2.24) is 0 Å². The molecule has 0 aliphatic heterocycles. The minimum absolute atomic E-state index is 0.198. The maximum Gasteiger partial charge on any atom is 0.140 e. The molecule has 88 valence electrons. The van der Waals surface area contributed by atoms with Gasteiger partial charge >= 0.3 is 0 Å². The van der Waals surface area contributed by atoms with E-state index >= 15 is 0 Å². The number of carbonyl (C=O) groups is 2. The fourth-order valence-electron chi connectivity index (χ4n) is 1.25. The zero-order valence-corrected chi connectivity index (χ0v) is 10.3. The highest BCUT2D eigenvalue weighted by molar-refractivity contribution is 5.83. The predicted octanol–water partition coefficient (Wildman–Crippen LogP) is 2.38. The lowest BCUT2D eigenvalue weighted by molar-refractivity contribution is -0.130.